The number of hydrogen-bond donors (Lipinski definition) is 0. The van der Waals surface area contributed by atoms with Crippen molar-refractivity contribution in [1.82, 2.24) is 9.55 Å². The summed E-state index contributed by atoms with van der Waals surface area (Å²) < 4.78 is 28.4. The zero-order valence-corrected chi connectivity index (χ0v) is 14.1. The van der Waals surface area contributed by atoms with Gasteiger partial charge in [-0.15, -0.1) is 0 Å². The molecule has 0 aliphatic rings. The molecule has 0 fully saturated rings. The summed E-state index contributed by atoms with van der Waals surface area (Å²) >= 11 is 0. The molecular formula is C22H14F2N2O. The van der Waals surface area contributed by atoms with Crippen LogP contribution in [0.25, 0.3) is 22.7 Å². The topological polar surface area (TPSA) is 34.9 Å². The second-order valence-corrected chi connectivity index (χ2v) is 6.01. The van der Waals surface area contributed by atoms with Crippen molar-refractivity contribution >= 4 is 28.6 Å². The van der Waals surface area contributed by atoms with Crippen molar-refractivity contribution < 1.29 is 13.6 Å². The average molecular weight is 360 g/mol. The molecule has 1 heterocycles. The monoisotopic (exact) mass is 360 g/mol. The summed E-state index contributed by atoms with van der Waals surface area (Å²) in [7, 11) is 0. The van der Waals surface area contributed by atoms with Gasteiger partial charge in [0.25, 0.3) is 5.91 Å². The molecule has 0 amide bonds. The Kier molecular flexibility index (Phi) is 4.34. The molecule has 132 valence electrons. The van der Waals surface area contributed by atoms with Crippen LogP contribution in [-0.4, -0.2) is 15.5 Å². The van der Waals surface area contributed by atoms with E-state index in [4.69, 9.17) is 0 Å². The fourth-order valence-corrected chi connectivity index (χ4v) is 2.90. The van der Waals surface area contributed by atoms with Crippen LogP contribution in [0.3, 0.4) is 0 Å². The first-order valence-corrected chi connectivity index (χ1v) is 8.32. The van der Waals surface area contributed by atoms with Crippen LogP contribution in [0.1, 0.15) is 15.9 Å². The largest absolute Gasteiger partial charge is 0.268 e. The van der Waals surface area contributed by atoms with Crippen molar-refractivity contribution in [2.75, 3.05) is 0 Å². The van der Waals surface area contributed by atoms with Gasteiger partial charge < -0.3 is 0 Å². The van der Waals surface area contributed by atoms with Gasteiger partial charge in [0.2, 0.25) is 0 Å². The van der Waals surface area contributed by atoms with E-state index in [0.29, 0.717) is 5.57 Å². The minimum absolute atomic E-state index is 0.216. The molecule has 0 aliphatic carbocycles. The molecule has 0 aliphatic heterocycles. The third-order valence-corrected chi connectivity index (χ3v) is 4.23. The molecule has 4 rings (SSSR count). The first-order chi connectivity index (χ1) is 13.1. The van der Waals surface area contributed by atoms with Crippen LogP contribution in [0.5, 0.6) is 0 Å². The standard InChI is InChI=1S/C22H14F2N2O/c23-18-12-20-21(13-19(18)24)26(14-25-20)22(27)17(16-9-5-2-6-10-16)11-15-7-3-1-4-8-15/h1-14H/b17-11+. The van der Waals surface area contributed by atoms with Crippen LogP contribution in [0.2, 0.25) is 0 Å². The third-order valence-electron chi connectivity index (χ3n) is 4.23. The molecule has 3 nitrogen and oxygen atoms in total. The minimum atomic E-state index is -1.02. The molecule has 0 N–H and O–H groups in total. The highest BCUT2D eigenvalue weighted by molar-refractivity contribution is 6.26. The molecule has 0 saturated carbocycles. The Labute approximate surface area is 154 Å². The average Bonchev–Trinajstić information content (AvgIpc) is 3.10. The Morgan fingerprint density at radius 3 is 2.22 bits per heavy atom. The van der Waals surface area contributed by atoms with Gasteiger partial charge in [0.05, 0.1) is 11.0 Å². The van der Waals surface area contributed by atoms with E-state index < -0.39 is 11.6 Å². The number of fused-ring (bicyclic) bond motifs is 1. The highest BCUT2D eigenvalue weighted by Gasteiger charge is 2.18. The lowest BCUT2D eigenvalue weighted by atomic mass is 10.0. The quantitative estimate of drug-likeness (QED) is 0.372. The number of hydrogen-bond acceptors (Lipinski definition) is 2. The molecule has 0 bridgehead atoms. The first kappa shape index (κ1) is 16.8. The van der Waals surface area contributed by atoms with Gasteiger partial charge in [-0.05, 0) is 17.2 Å². The Bertz CT molecular complexity index is 1150. The van der Waals surface area contributed by atoms with Crippen LogP contribution in [-0.2, 0) is 0 Å². The number of carbonyl (C=O) groups is 1. The van der Waals surface area contributed by atoms with Gasteiger partial charge in [-0.1, -0.05) is 60.7 Å². The smallest absolute Gasteiger partial charge is 0.264 e. The van der Waals surface area contributed by atoms with Crippen molar-refractivity contribution in [2.24, 2.45) is 0 Å². The maximum absolute atomic E-state index is 13.7. The van der Waals surface area contributed by atoms with E-state index >= 15 is 0 Å². The van der Waals surface area contributed by atoms with Crippen molar-refractivity contribution in [1.29, 1.82) is 0 Å². The van der Waals surface area contributed by atoms with E-state index in [1.165, 1.54) is 10.9 Å². The summed E-state index contributed by atoms with van der Waals surface area (Å²) in [6.07, 6.45) is 3.05. The maximum atomic E-state index is 13.7. The number of imidazole rings is 1. The summed E-state index contributed by atoms with van der Waals surface area (Å²) in [6.45, 7) is 0. The zero-order chi connectivity index (χ0) is 18.8. The number of carbonyl (C=O) groups excluding carboxylic acids is 1. The van der Waals surface area contributed by atoms with E-state index in [1.807, 2.05) is 60.7 Å². The lowest BCUT2D eigenvalue weighted by Gasteiger charge is -2.09. The minimum Gasteiger partial charge on any atom is -0.268 e. The van der Waals surface area contributed by atoms with Gasteiger partial charge in [0, 0.05) is 17.7 Å². The van der Waals surface area contributed by atoms with Crippen LogP contribution in [0.4, 0.5) is 8.78 Å². The highest BCUT2D eigenvalue weighted by Crippen LogP contribution is 2.24. The molecule has 0 unspecified atom stereocenters. The van der Waals surface area contributed by atoms with Gasteiger partial charge in [-0.25, -0.2) is 13.8 Å². The van der Waals surface area contributed by atoms with E-state index in [0.717, 1.165) is 23.3 Å². The predicted octanol–water partition coefficient (Wildman–Crippen LogP) is 5.20. The fraction of sp³-hybridized carbons (Fsp3) is 0. The van der Waals surface area contributed by atoms with Crippen molar-refractivity contribution in [2.45, 2.75) is 0 Å². The SMILES string of the molecule is O=C(/C(=C/c1ccccc1)c1ccccc1)n1cnc2cc(F)c(F)cc21. The predicted molar refractivity (Wildman–Crippen MR) is 101 cm³/mol. The van der Waals surface area contributed by atoms with Gasteiger partial charge >= 0.3 is 0 Å². The normalized spacial score (nSPS) is 11.7. The second-order valence-electron chi connectivity index (χ2n) is 6.01. The van der Waals surface area contributed by atoms with Crippen LogP contribution < -0.4 is 0 Å². The molecule has 3 aromatic carbocycles. The van der Waals surface area contributed by atoms with Gasteiger partial charge in [-0.2, -0.15) is 0 Å². The Morgan fingerprint density at radius 1 is 0.889 bits per heavy atom. The third kappa shape index (κ3) is 3.27. The Balaban J connectivity index is 1.87. The molecule has 0 spiro atoms. The van der Waals surface area contributed by atoms with Crippen molar-refractivity contribution in [3.63, 3.8) is 0 Å². The van der Waals surface area contributed by atoms with Gasteiger partial charge in [0.15, 0.2) is 11.6 Å². The summed E-state index contributed by atoms with van der Waals surface area (Å²) in [5, 5.41) is 0. The van der Waals surface area contributed by atoms with E-state index in [9.17, 15) is 13.6 Å². The molecule has 0 radical (unpaired) electrons. The summed E-state index contributed by atoms with van der Waals surface area (Å²) in [5.74, 6) is -2.40. The summed E-state index contributed by atoms with van der Waals surface area (Å²) in [4.78, 5) is 17.3. The first-order valence-electron chi connectivity index (χ1n) is 8.32. The number of nitrogens with zero attached hydrogens (tertiary/aromatic N) is 2. The molecule has 4 aromatic rings. The maximum Gasteiger partial charge on any atom is 0.264 e. The van der Waals surface area contributed by atoms with Gasteiger partial charge in [0.1, 0.15) is 6.33 Å². The van der Waals surface area contributed by atoms with Crippen LogP contribution in [0.15, 0.2) is 79.1 Å². The number of halogens is 2. The van der Waals surface area contributed by atoms with E-state index in [1.54, 1.807) is 6.08 Å². The molecule has 5 heteroatoms. The lowest BCUT2D eigenvalue weighted by Crippen LogP contribution is -2.12. The molecule has 27 heavy (non-hydrogen) atoms. The number of allylic oxidation sites excluding steroid dienone is 1. The van der Waals surface area contributed by atoms with E-state index in [-0.39, 0.29) is 16.9 Å². The molecular weight excluding hydrogens is 346 g/mol. The summed E-state index contributed by atoms with van der Waals surface area (Å²) in [5.41, 5.74) is 2.43. The highest BCUT2D eigenvalue weighted by atomic mass is 19.2. The Hall–Kier alpha value is -3.60. The van der Waals surface area contributed by atoms with E-state index in [2.05, 4.69) is 4.98 Å². The molecule has 0 atom stereocenters. The van der Waals surface area contributed by atoms with Gasteiger partial charge in [-0.3, -0.25) is 9.36 Å². The lowest BCUT2D eigenvalue weighted by molar-refractivity contribution is 0.0984. The second kappa shape index (κ2) is 6.96. The Morgan fingerprint density at radius 2 is 1.52 bits per heavy atom. The van der Waals surface area contributed by atoms with Crippen LogP contribution >= 0.6 is 0 Å². The summed E-state index contributed by atoms with van der Waals surface area (Å²) in [6, 6.07) is 20.6. The zero-order valence-electron chi connectivity index (χ0n) is 14.1. The molecule has 0 saturated heterocycles. The van der Waals surface area contributed by atoms with Crippen LogP contribution in [0, 0.1) is 11.6 Å². The fourth-order valence-electron chi connectivity index (χ4n) is 2.90. The van der Waals surface area contributed by atoms with Crippen molar-refractivity contribution in [3.05, 3.63) is 102 Å². The number of rotatable bonds is 3. The van der Waals surface area contributed by atoms with Crippen molar-refractivity contribution in [3.8, 4) is 0 Å². The molecule has 1 aromatic heterocycles. The number of benzene rings is 3. The number of aromatic nitrogens is 2.